The minimum absolute atomic E-state index is 0.153. The first-order valence-electron chi connectivity index (χ1n) is 9.52. The summed E-state index contributed by atoms with van der Waals surface area (Å²) < 4.78 is 10.7. The number of amides is 1. The second kappa shape index (κ2) is 9.36. The van der Waals surface area contributed by atoms with Crippen molar-refractivity contribution in [2.24, 2.45) is 0 Å². The number of benzene rings is 1. The second-order valence-electron chi connectivity index (χ2n) is 6.56. The minimum Gasteiger partial charge on any atom is -0.494 e. The number of carbonyl (C=O) groups excluding carboxylic acids is 1. The Morgan fingerprint density at radius 2 is 2.00 bits per heavy atom. The van der Waals surface area contributed by atoms with Crippen molar-refractivity contribution in [1.29, 1.82) is 0 Å². The topological polar surface area (TPSA) is 96.5 Å². The Morgan fingerprint density at radius 1 is 1.29 bits per heavy atom. The van der Waals surface area contributed by atoms with Gasteiger partial charge in [0.25, 0.3) is 5.56 Å². The van der Waals surface area contributed by atoms with Crippen LogP contribution in [-0.4, -0.2) is 48.8 Å². The molecule has 8 heteroatoms. The summed E-state index contributed by atoms with van der Waals surface area (Å²) in [5.41, 5.74) is 1.70. The molecule has 0 bridgehead atoms. The van der Waals surface area contributed by atoms with E-state index in [1.165, 1.54) is 0 Å². The molecular weight excluding hydrogens is 360 g/mol. The van der Waals surface area contributed by atoms with Crippen LogP contribution >= 0.6 is 0 Å². The molecule has 0 atom stereocenters. The molecule has 2 aromatic rings. The van der Waals surface area contributed by atoms with E-state index in [9.17, 15) is 9.59 Å². The Bertz CT molecular complexity index is 857. The van der Waals surface area contributed by atoms with Gasteiger partial charge >= 0.3 is 0 Å². The maximum Gasteiger partial charge on any atom is 0.255 e. The summed E-state index contributed by atoms with van der Waals surface area (Å²) in [5, 5.41) is 2.83. The normalized spacial score (nSPS) is 14.0. The lowest BCUT2D eigenvalue weighted by Crippen LogP contribution is -2.38. The summed E-state index contributed by atoms with van der Waals surface area (Å²) in [6.07, 6.45) is 0.538. The molecule has 8 nitrogen and oxygen atoms in total. The van der Waals surface area contributed by atoms with E-state index in [1.54, 1.807) is 19.1 Å². The highest BCUT2D eigenvalue weighted by Crippen LogP contribution is 2.16. The summed E-state index contributed by atoms with van der Waals surface area (Å²) in [5.74, 6) is 1.17. The molecule has 2 N–H and O–H groups in total. The van der Waals surface area contributed by atoms with Gasteiger partial charge in [0.05, 0.1) is 19.8 Å². The van der Waals surface area contributed by atoms with Gasteiger partial charge in [0.15, 0.2) is 0 Å². The van der Waals surface area contributed by atoms with E-state index >= 15 is 0 Å². The zero-order valence-corrected chi connectivity index (χ0v) is 16.3. The molecule has 150 valence electrons. The van der Waals surface area contributed by atoms with Crippen LogP contribution in [0, 0.1) is 6.92 Å². The number of morpholine rings is 1. The molecule has 3 rings (SSSR count). The van der Waals surface area contributed by atoms with Gasteiger partial charge in [-0.25, -0.2) is 4.98 Å². The highest BCUT2D eigenvalue weighted by Gasteiger charge is 2.16. The van der Waals surface area contributed by atoms with Crippen LogP contribution in [0.1, 0.15) is 24.6 Å². The highest BCUT2D eigenvalue weighted by molar-refractivity contribution is 5.90. The van der Waals surface area contributed by atoms with Gasteiger partial charge in [0.2, 0.25) is 11.9 Å². The average Bonchev–Trinajstić information content (AvgIpc) is 2.69. The number of ether oxygens (including phenoxy) is 2. The number of aromatic nitrogens is 2. The van der Waals surface area contributed by atoms with Gasteiger partial charge in [-0.3, -0.25) is 14.6 Å². The standard InChI is InChI=1S/C20H26N4O4/c1-3-28-16-6-4-15(5-7-16)22-18(25)9-8-17-14(2)21-20(23-19(17)26)24-10-12-27-13-11-24/h4-7H,3,8-13H2,1-2H3,(H,22,25)(H,21,23,26). The second-order valence-corrected chi connectivity index (χ2v) is 6.56. The number of nitrogens with one attached hydrogen (secondary N) is 2. The fourth-order valence-corrected chi connectivity index (χ4v) is 3.08. The first-order chi connectivity index (χ1) is 13.6. The van der Waals surface area contributed by atoms with Gasteiger partial charge in [0.1, 0.15) is 5.75 Å². The number of hydrogen-bond acceptors (Lipinski definition) is 6. The van der Waals surface area contributed by atoms with E-state index in [0.717, 1.165) is 5.75 Å². The Kier molecular flexibility index (Phi) is 6.65. The fraction of sp³-hybridized carbons (Fsp3) is 0.450. The van der Waals surface area contributed by atoms with E-state index in [4.69, 9.17) is 9.47 Å². The lowest BCUT2D eigenvalue weighted by molar-refractivity contribution is -0.116. The largest absolute Gasteiger partial charge is 0.494 e. The molecule has 0 aliphatic carbocycles. The summed E-state index contributed by atoms with van der Waals surface area (Å²) in [6, 6.07) is 7.20. The predicted molar refractivity (Wildman–Crippen MR) is 107 cm³/mol. The Labute approximate surface area is 163 Å². The number of nitrogens with zero attached hydrogens (tertiary/aromatic N) is 2. The van der Waals surface area contributed by atoms with Gasteiger partial charge in [-0.05, 0) is 44.5 Å². The van der Waals surface area contributed by atoms with E-state index in [0.29, 0.717) is 62.2 Å². The zero-order valence-electron chi connectivity index (χ0n) is 16.3. The summed E-state index contributed by atoms with van der Waals surface area (Å²) in [7, 11) is 0. The summed E-state index contributed by atoms with van der Waals surface area (Å²) in [4.78, 5) is 34.1. The quantitative estimate of drug-likeness (QED) is 0.754. The van der Waals surface area contributed by atoms with Gasteiger partial charge in [-0.1, -0.05) is 0 Å². The van der Waals surface area contributed by atoms with Crippen LogP contribution < -0.4 is 20.5 Å². The molecule has 1 amide bonds. The summed E-state index contributed by atoms with van der Waals surface area (Å²) in [6.45, 7) is 6.96. The summed E-state index contributed by atoms with van der Waals surface area (Å²) >= 11 is 0. The molecule has 1 aromatic carbocycles. The Balaban J connectivity index is 1.59. The first kappa shape index (κ1) is 19.9. The van der Waals surface area contributed by atoms with Crippen LogP contribution in [0.15, 0.2) is 29.1 Å². The van der Waals surface area contributed by atoms with E-state index in [1.807, 2.05) is 24.0 Å². The van der Waals surface area contributed by atoms with Crippen molar-refractivity contribution in [3.05, 3.63) is 45.9 Å². The third kappa shape index (κ3) is 5.10. The van der Waals surface area contributed by atoms with Crippen molar-refractivity contribution in [2.45, 2.75) is 26.7 Å². The number of carbonyl (C=O) groups is 1. The van der Waals surface area contributed by atoms with Crippen molar-refractivity contribution in [3.63, 3.8) is 0 Å². The zero-order chi connectivity index (χ0) is 19.9. The van der Waals surface area contributed by atoms with Gasteiger partial charge in [-0.15, -0.1) is 0 Å². The third-order valence-corrected chi connectivity index (χ3v) is 4.57. The van der Waals surface area contributed by atoms with E-state index in [2.05, 4.69) is 15.3 Å². The van der Waals surface area contributed by atoms with Crippen molar-refractivity contribution in [3.8, 4) is 5.75 Å². The Hall–Kier alpha value is -2.87. The van der Waals surface area contributed by atoms with Crippen LogP contribution in [0.2, 0.25) is 0 Å². The SMILES string of the molecule is CCOc1ccc(NC(=O)CCc2c(C)nc(N3CCOCC3)[nH]c2=O)cc1. The molecule has 2 heterocycles. The smallest absolute Gasteiger partial charge is 0.255 e. The maximum absolute atomic E-state index is 12.5. The third-order valence-electron chi connectivity index (χ3n) is 4.57. The maximum atomic E-state index is 12.5. The molecule has 0 saturated carbocycles. The van der Waals surface area contributed by atoms with Crippen molar-refractivity contribution >= 4 is 17.5 Å². The number of aryl methyl sites for hydroxylation is 1. The number of rotatable bonds is 7. The number of hydrogen-bond donors (Lipinski definition) is 2. The van der Waals surface area contributed by atoms with Crippen LogP contribution in [0.3, 0.4) is 0 Å². The van der Waals surface area contributed by atoms with Crippen LogP contribution in [0.5, 0.6) is 5.75 Å². The van der Waals surface area contributed by atoms with Gasteiger partial charge in [0, 0.05) is 36.5 Å². The van der Waals surface area contributed by atoms with Crippen molar-refractivity contribution in [1.82, 2.24) is 9.97 Å². The molecule has 0 spiro atoms. The molecule has 1 fully saturated rings. The molecule has 0 unspecified atom stereocenters. The Morgan fingerprint density at radius 3 is 2.64 bits per heavy atom. The molecule has 1 aliphatic rings. The lowest BCUT2D eigenvalue weighted by Gasteiger charge is -2.27. The molecular formula is C20H26N4O4. The predicted octanol–water partition coefficient (Wildman–Crippen LogP) is 1.88. The van der Waals surface area contributed by atoms with Crippen molar-refractivity contribution < 1.29 is 14.3 Å². The van der Waals surface area contributed by atoms with E-state index < -0.39 is 0 Å². The van der Waals surface area contributed by atoms with Gasteiger partial charge < -0.3 is 19.7 Å². The molecule has 28 heavy (non-hydrogen) atoms. The monoisotopic (exact) mass is 386 g/mol. The minimum atomic E-state index is -0.192. The average molecular weight is 386 g/mol. The lowest BCUT2D eigenvalue weighted by atomic mass is 10.1. The van der Waals surface area contributed by atoms with Crippen LogP contribution in [0.25, 0.3) is 0 Å². The van der Waals surface area contributed by atoms with Crippen LogP contribution in [-0.2, 0) is 16.0 Å². The van der Waals surface area contributed by atoms with E-state index in [-0.39, 0.29) is 17.9 Å². The molecule has 0 radical (unpaired) electrons. The fourth-order valence-electron chi connectivity index (χ4n) is 3.08. The van der Waals surface area contributed by atoms with Crippen LogP contribution in [0.4, 0.5) is 11.6 Å². The van der Waals surface area contributed by atoms with Crippen molar-refractivity contribution in [2.75, 3.05) is 43.1 Å². The van der Waals surface area contributed by atoms with Gasteiger partial charge in [-0.2, -0.15) is 0 Å². The molecule has 1 aromatic heterocycles. The number of H-pyrrole nitrogens is 1. The highest BCUT2D eigenvalue weighted by atomic mass is 16.5. The molecule has 1 saturated heterocycles. The number of aromatic amines is 1. The molecule has 1 aliphatic heterocycles. The first-order valence-corrected chi connectivity index (χ1v) is 9.52. The number of anilines is 2.